The molecule has 0 saturated heterocycles. The normalized spacial score (nSPS) is 11.0. The molecule has 3 aromatic heterocycles. The van der Waals surface area contributed by atoms with E-state index in [9.17, 15) is 0 Å². The smallest absolute Gasteiger partial charge is 0.178 e. The Balaban J connectivity index is 1.63. The molecule has 3 heterocycles. The van der Waals surface area contributed by atoms with Crippen LogP contribution in [0.15, 0.2) is 61.2 Å². The summed E-state index contributed by atoms with van der Waals surface area (Å²) in [5.74, 6) is 0. The van der Waals surface area contributed by atoms with E-state index in [1.807, 2.05) is 47.3 Å². The molecule has 2 N–H and O–H groups in total. The third-order valence-corrected chi connectivity index (χ3v) is 3.54. The third-order valence-electron chi connectivity index (χ3n) is 3.54. The van der Waals surface area contributed by atoms with Gasteiger partial charge in [-0.2, -0.15) is 5.10 Å². The summed E-state index contributed by atoms with van der Waals surface area (Å²) in [4.78, 5) is 13.2. The van der Waals surface area contributed by atoms with Gasteiger partial charge in [-0.15, -0.1) is 0 Å². The summed E-state index contributed by atoms with van der Waals surface area (Å²) in [6.07, 6.45) is 7.18. The number of pyridine rings is 1. The highest BCUT2D eigenvalue weighted by Gasteiger charge is 2.06. The number of aromatic nitrogens is 5. The Morgan fingerprint density at radius 3 is 2.91 bits per heavy atom. The number of hydrogen-bond donors (Lipinski definition) is 1. The number of nitrogens with two attached hydrogens (primary N) is 1. The number of hydrogen-bond acceptors (Lipinski definition) is 5. The largest absolute Gasteiger partial charge is 0.399 e. The molecular formula is C17H14N6. The Labute approximate surface area is 132 Å². The Morgan fingerprint density at radius 1 is 1.04 bits per heavy atom. The van der Waals surface area contributed by atoms with E-state index in [4.69, 9.17) is 5.73 Å². The second-order valence-electron chi connectivity index (χ2n) is 5.27. The van der Waals surface area contributed by atoms with Crippen molar-refractivity contribution in [1.29, 1.82) is 0 Å². The first-order chi connectivity index (χ1) is 11.3. The van der Waals surface area contributed by atoms with Crippen LogP contribution in [-0.2, 0) is 6.54 Å². The number of nitrogens with zero attached hydrogens (tertiary/aromatic N) is 5. The van der Waals surface area contributed by atoms with E-state index in [1.54, 1.807) is 18.6 Å². The topological polar surface area (TPSA) is 82.5 Å². The van der Waals surface area contributed by atoms with Gasteiger partial charge in [0, 0.05) is 23.6 Å². The van der Waals surface area contributed by atoms with Gasteiger partial charge < -0.3 is 5.73 Å². The summed E-state index contributed by atoms with van der Waals surface area (Å²) >= 11 is 0. The summed E-state index contributed by atoms with van der Waals surface area (Å²) in [6.45, 7) is 0.657. The van der Waals surface area contributed by atoms with E-state index in [2.05, 4.69) is 20.1 Å². The number of nitrogen functional groups attached to an aromatic ring is 1. The van der Waals surface area contributed by atoms with Gasteiger partial charge in [0.25, 0.3) is 0 Å². The maximum atomic E-state index is 5.81. The van der Waals surface area contributed by atoms with Crippen molar-refractivity contribution in [2.45, 2.75) is 6.54 Å². The lowest BCUT2D eigenvalue weighted by Gasteiger charge is -2.02. The van der Waals surface area contributed by atoms with Crippen molar-refractivity contribution in [3.8, 4) is 11.3 Å². The molecule has 0 aliphatic carbocycles. The van der Waals surface area contributed by atoms with Crippen molar-refractivity contribution >= 4 is 16.9 Å². The summed E-state index contributed by atoms with van der Waals surface area (Å²) in [5.41, 5.74) is 10.7. The van der Waals surface area contributed by atoms with Gasteiger partial charge in [0.2, 0.25) is 0 Å². The minimum atomic E-state index is 0.633. The Hall–Kier alpha value is -3.28. The zero-order valence-corrected chi connectivity index (χ0v) is 12.3. The third kappa shape index (κ3) is 2.74. The van der Waals surface area contributed by atoms with Gasteiger partial charge in [-0.1, -0.05) is 12.1 Å². The predicted molar refractivity (Wildman–Crippen MR) is 88.5 cm³/mol. The van der Waals surface area contributed by atoms with Crippen molar-refractivity contribution in [3.63, 3.8) is 0 Å². The first kappa shape index (κ1) is 13.4. The highest BCUT2D eigenvalue weighted by Crippen LogP contribution is 2.18. The second kappa shape index (κ2) is 5.49. The molecule has 6 heteroatoms. The molecule has 4 aromatic rings. The second-order valence-corrected chi connectivity index (χ2v) is 5.27. The molecule has 0 unspecified atom stereocenters. The van der Waals surface area contributed by atoms with E-state index in [0.717, 1.165) is 28.0 Å². The highest BCUT2D eigenvalue weighted by molar-refractivity contribution is 5.72. The van der Waals surface area contributed by atoms with Crippen LogP contribution < -0.4 is 5.73 Å². The number of fused-ring (bicyclic) bond motifs is 1. The van der Waals surface area contributed by atoms with Crippen LogP contribution in [0.25, 0.3) is 22.4 Å². The van der Waals surface area contributed by atoms with Crippen LogP contribution in [0, 0.1) is 0 Å². The highest BCUT2D eigenvalue weighted by atomic mass is 15.3. The molecule has 4 rings (SSSR count). The molecule has 112 valence electrons. The van der Waals surface area contributed by atoms with E-state index in [-0.39, 0.29) is 0 Å². The average Bonchev–Trinajstić information content (AvgIpc) is 3.03. The molecule has 0 saturated carbocycles. The van der Waals surface area contributed by atoms with Crippen LogP contribution in [0.5, 0.6) is 0 Å². The van der Waals surface area contributed by atoms with Gasteiger partial charge in [0.1, 0.15) is 5.52 Å². The van der Waals surface area contributed by atoms with Gasteiger partial charge in [-0.05, 0) is 29.8 Å². The SMILES string of the molecule is Nc1cccc(Cn2cc(-c3cnc4cccnc4n3)cn2)c1. The van der Waals surface area contributed by atoms with Crippen LogP contribution in [0.3, 0.4) is 0 Å². The quantitative estimate of drug-likeness (QED) is 0.588. The van der Waals surface area contributed by atoms with Crippen LogP contribution in [-0.4, -0.2) is 24.7 Å². The first-order valence-corrected chi connectivity index (χ1v) is 7.23. The van der Waals surface area contributed by atoms with Crippen molar-refractivity contribution in [2.75, 3.05) is 5.73 Å². The standard InChI is InChI=1S/C17H14N6/c18-14-4-1-3-12(7-14)10-23-11-13(8-21-23)16-9-20-15-5-2-6-19-17(15)22-16/h1-9,11H,10,18H2. The summed E-state index contributed by atoms with van der Waals surface area (Å²) in [6, 6.07) is 11.5. The minimum absolute atomic E-state index is 0.633. The van der Waals surface area contributed by atoms with Crippen LogP contribution in [0.2, 0.25) is 0 Å². The fourth-order valence-corrected chi connectivity index (χ4v) is 2.45. The van der Waals surface area contributed by atoms with Crippen molar-refractivity contribution in [1.82, 2.24) is 24.7 Å². The molecule has 0 fully saturated rings. The molecule has 0 aliphatic rings. The average molecular weight is 302 g/mol. The van der Waals surface area contributed by atoms with E-state index in [0.29, 0.717) is 12.2 Å². The van der Waals surface area contributed by atoms with Gasteiger partial charge in [0.05, 0.1) is 24.6 Å². The molecule has 0 atom stereocenters. The molecule has 0 spiro atoms. The first-order valence-electron chi connectivity index (χ1n) is 7.23. The summed E-state index contributed by atoms with van der Waals surface area (Å²) < 4.78 is 1.86. The Morgan fingerprint density at radius 2 is 2.00 bits per heavy atom. The van der Waals surface area contributed by atoms with Gasteiger partial charge >= 0.3 is 0 Å². The van der Waals surface area contributed by atoms with Gasteiger partial charge in [-0.25, -0.2) is 9.97 Å². The lowest BCUT2D eigenvalue weighted by Crippen LogP contribution is -2.00. The molecule has 1 aromatic carbocycles. The molecule has 0 amide bonds. The maximum absolute atomic E-state index is 5.81. The number of anilines is 1. The monoisotopic (exact) mass is 302 g/mol. The Kier molecular flexibility index (Phi) is 3.20. The van der Waals surface area contributed by atoms with Gasteiger partial charge in [-0.3, -0.25) is 9.67 Å². The van der Waals surface area contributed by atoms with Crippen molar-refractivity contribution in [2.24, 2.45) is 0 Å². The molecule has 0 aliphatic heterocycles. The van der Waals surface area contributed by atoms with Crippen LogP contribution in [0.1, 0.15) is 5.56 Å². The zero-order valence-electron chi connectivity index (χ0n) is 12.3. The van der Waals surface area contributed by atoms with Crippen LogP contribution in [0.4, 0.5) is 5.69 Å². The summed E-state index contributed by atoms with van der Waals surface area (Å²) in [5, 5.41) is 4.39. The minimum Gasteiger partial charge on any atom is -0.399 e. The Bertz CT molecular complexity index is 975. The fraction of sp³-hybridized carbons (Fsp3) is 0.0588. The maximum Gasteiger partial charge on any atom is 0.178 e. The molecular weight excluding hydrogens is 288 g/mol. The predicted octanol–water partition coefficient (Wildman–Crippen LogP) is 2.52. The molecule has 0 radical (unpaired) electrons. The van der Waals surface area contributed by atoms with Crippen molar-refractivity contribution in [3.05, 3.63) is 66.7 Å². The molecule has 0 bridgehead atoms. The van der Waals surface area contributed by atoms with E-state index >= 15 is 0 Å². The van der Waals surface area contributed by atoms with Gasteiger partial charge in [0.15, 0.2) is 5.65 Å². The van der Waals surface area contributed by atoms with E-state index in [1.165, 1.54) is 0 Å². The number of benzene rings is 1. The van der Waals surface area contributed by atoms with E-state index < -0.39 is 0 Å². The summed E-state index contributed by atoms with van der Waals surface area (Å²) in [7, 11) is 0. The fourth-order valence-electron chi connectivity index (χ4n) is 2.45. The molecule has 23 heavy (non-hydrogen) atoms. The molecule has 6 nitrogen and oxygen atoms in total. The van der Waals surface area contributed by atoms with Crippen LogP contribution >= 0.6 is 0 Å². The lowest BCUT2D eigenvalue weighted by molar-refractivity contribution is 0.687. The zero-order chi connectivity index (χ0) is 15.6. The van der Waals surface area contributed by atoms with Crippen molar-refractivity contribution < 1.29 is 0 Å². The lowest BCUT2D eigenvalue weighted by atomic mass is 10.2. The number of rotatable bonds is 3.